The molecule has 0 atom stereocenters. The van der Waals surface area contributed by atoms with Crippen LogP contribution in [0.25, 0.3) is 53.2 Å². The van der Waals surface area contributed by atoms with Crippen molar-refractivity contribution in [2.75, 3.05) is 9.80 Å². The van der Waals surface area contributed by atoms with Crippen molar-refractivity contribution in [1.29, 1.82) is 0 Å². The van der Waals surface area contributed by atoms with Crippen LogP contribution in [0, 0.1) is 0 Å². The minimum Gasteiger partial charge on any atom is -0.456 e. The molecule has 0 unspecified atom stereocenters. The second-order valence-corrected chi connectivity index (χ2v) is 14.6. The molecule has 0 N–H and O–H groups in total. The van der Waals surface area contributed by atoms with Gasteiger partial charge >= 0.3 is 0 Å². The molecule has 5 heteroatoms. The number of hydrogen-bond donors (Lipinski definition) is 0. The molecule has 0 fully saturated rings. The Morgan fingerprint density at radius 1 is 0.396 bits per heavy atom. The Morgan fingerprint density at radius 3 is 1.74 bits per heavy atom. The second-order valence-electron chi connectivity index (χ2n) is 13.1. The molecular formula is C48H31ClN2OS. The van der Waals surface area contributed by atoms with Crippen LogP contribution in [0.3, 0.4) is 0 Å². The summed E-state index contributed by atoms with van der Waals surface area (Å²) in [6.45, 7) is 0. The molecule has 0 saturated heterocycles. The van der Waals surface area contributed by atoms with Gasteiger partial charge in [-0.1, -0.05) is 103 Å². The largest absolute Gasteiger partial charge is 0.456 e. The maximum absolute atomic E-state index is 6.90. The van der Waals surface area contributed by atoms with E-state index in [1.165, 1.54) is 15.5 Å². The summed E-state index contributed by atoms with van der Waals surface area (Å²) in [6.07, 6.45) is 0. The van der Waals surface area contributed by atoms with E-state index in [2.05, 4.69) is 186 Å². The first-order valence-corrected chi connectivity index (χ1v) is 18.8. The summed E-state index contributed by atoms with van der Waals surface area (Å²) in [5.41, 5.74) is 10.5. The van der Waals surface area contributed by atoms with Crippen molar-refractivity contribution < 1.29 is 4.42 Å². The first-order chi connectivity index (χ1) is 26.2. The highest BCUT2D eigenvalue weighted by Crippen LogP contribution is 2.48. The number of nitrogens with zero attached hydrogens (tertiary/aromatic N) is 2. The Hall–Kier alpha value is -6.33. The van der Waals surface area contributed by atoms with Gasteiger partial charge in [0.1, 0.15) is 11.2 Å². The highest BCUT2D eigenvalue weighted by Gasteiger charge is 2.21. The van der Waals surface area contributed by atoms with Gasteiger partial charge in [-0.15, -0.1) is 11.3 Å². The average Bonchev–Trinajstić information content (AvgIpc) is 3.77. The lowest BCUT2D eigenvalue weighted by atomic mass is 10.0. The molecule has 0 spiro atoms. The Morgan fingerprint density at radius 2 is 1.00 bits per heavy atom. The zero-order valence-electron chi connectivity index (χ0n) is 28.5. The standard InChI is InChI=1S/C48H31ClN2OS/c49-34-29-43(51(36-16-6-2-7-17-36)37-18-8-3-9-19-37)48-42-31-39(24-26-46(42)53-47(48)30-34)50(35-14-4-1-5-15-35)38-20-12-13-32(27-38)33-23-25-45-41(28-33)40-21-10-11-22-44(40)52-45/h1-31H. The van der Waals surface area contributed by atoms with Crippen LogP contribution in [0.1, 0.15) is 0 Å². The van der Waals surface area contributed by atoms with E-state index >= 15 is 0 Å². The molecular weight excluding hydrogens is 688 g/mol. The zero-order chi connectivity index (χ0) is 35.3. The van der Waals surface area contributed by atoms with Crippen LogP contribution >= 0.6 is 22.9 Å². The lowest BCUT2D eigenvalue weighted by Gasteiger charge is -2.27. The van der Waals surface area contributed by atoms with Gasteiger partial charge in [-0.25, -0.2) is 0 Å². The number of furan rings is 1. The molecule has 252 valence electrons. The molecule has 2 aromatic heterocycles. The van der Waals surface area contributed by atoms with Gasteiger partial charge in [-0.3, -0.25) is 0 Å². The molecule has 0 aliphatic carbocycles. The number of hydrogen-bond acceptors (Lipinski definition) is 4. The molecule has 0 amide bonds. The van der Waals surface area contributed by atoms with Crippen molar-refractivity contribution in [3.8, 4) is 11.1 Å². The second kappa shape index (κ2) is 13.0. The summed E-state index contributed by atoms with van der Waals surface area (Å²) in [6, 6.07) is 66.2. The molecule has 0 radical (unpaired) electrons. The fourth-order valence-electron chi connectivity index (χ4n) is 7.49. The van der Waals surface area contributed by atoms with E-state index in [1.54, 1.807) is 11.3 Å². The Balaban J connectivity index is 1.15. The fraction of sp³-hybridized carbons (Fsp3) is 0. The third-order valence-corrected chi connectivity index (χ3v) is 11.2. The van der Waals surface area contributed by atoms with Crippen LogP contribution in [0.15, 0.2) is 192 Å². The molecule has 10 rings (SSSR count). The molecule has 53 heavy (non-hydrogen) atoms. The molecule has 0 aliphatic heterocycles. The van der Waals surface area contributed by atoms with Crippen molar-refractivity contribution in [2.24, 2.45) is 0 Å². The highest BCUT2D eigenvalue weighted by atomic mass is 35.5. The number of halogens is 1. The zero-order valence-corrected chi connectivity index (χ0v) is 30.1. The van der Waals surface area contributed by atoms with Crippen LogP contribution in [-0.4, -0.2) is 0 Å². The fourth-order valence-corrected chi connectivity index (χ4v) is 8.91. The number of benzene rings is 8. The normalized spacial score (nSPS) is 11.5. The van der Waals surface area contributed by atoms with Gasteiger partial charge in [0.15, 0.2) is 0 Å². The maximum atomic E-state index is 6.90. The Bertz CT molecular complexity index is 2880. The van der Waals surface area contributed by atoms with E-state index in [0.29, 0.717) is 5.02 Å². The summed E-state index contributed by atoms with van der Waals surface area (Å²) in [4.78, 5) is 4.66. The number of anilines is 6. The van der Waals surface area contributed by atoms with Gasteiger partial charge in [0.25, 0.3) is 0 Å². The van der Waals surface area contributed by atoms with E-state index in [-0.39, 0.29) is 0 Å². The number of para-hydroxylation sites is 4. The minimum absolute atomic E-state index is 0.709. The summed E-state index contributed by atoms with van der Waals surface area (Å²) >= 11 is 8.67. The summed E-state index contributed by atoms with van der Waals surface area (Å²) in [5, 5.41) is 5.31. The predicted molar refractivity (Wildman–Crippen MR) is 226 cm³/mol. The summed E-state index contributed by atoms with van der Waals surface area (Å²) < 4.78 is 8.49. The van der Waals surface area contributed by atoms with Crippen LogP contribution in [-0.2, 0) is 0 Å². The molecule has 0 bridgehead atoms. The number of thiophene rings is 1. The average molecular weight is 719 g/mol. The van der Waals surface area contributed by atoms with E-state index in [4.69, 9.17) is 16.0 Å². The van der Waals surface area contributed by atoms with E-state index < -0.39 is 0 Å². The van der Waals surface area contributed by atoms with Gasteiger partial charge < -0.3 is 14.2 Å². The highest BCUT2D eigenvalue weighted by molar-refractivity contribution is 7.26. The first-order valence-electron chi connectivity index (χ1n) is 17.6. The van der Waals surface area contributed by atoms with Crippen LogP contribution in [0.5, 0.6) is 0 Å². The van der Waals surface area contributed by atoms with Gasteiger partial charge in [0.05, 0.1) is 5.69 Å². The SMILES string of the molecule is Clc1cc(N(c2ccccc2)c2ccccc2)c2c(c1)sc1ccc(N(c3ccccc3)c3cccc(-c4ccc5oc6ccccc6c5c4)c3)cc12. The van der Waals surface area contributed by atoms with Crippen molar-refractivity contribution in [2.45, 2.75) is 0 Å². The molecule has 8 aromatic carbocycles. The minimum atomic E-state index is 0.709. The molecule has 3 nitrogen and oxygen atoms in total. The predicted octanol–water partition coefficient (Wildman–Crippen LogP) is 15.2. The van der Waals surface area contributed by atoms with E-state index in [1.807, 2.05) is 12.1 Å². The van der Waals surface area contributed by atoms with Gasteiger partial charge in [-0.2, -0.15) is 0 Å². The van der Waals surface area contributed by atoms with Crippen LogP contribution < -0.4 is 9.80 Å². The van der Waals surface area contributed by atoms with Gasteiger partial charge in [-0.05, 0) is 108 Å². The smallest absolute Gasteiger partial charge is 0.135 e. The topological polar surface area (TPSA) is 19.6 Å². The molecule has 2 heterocycles. The van der Waals surface area contributed by atoms with E-state index in [0.717, 1.165) is 71.9 Å². The summed E-state index contributed by atoms with van der Waals surface area (Å²) in [5.74, 6) is 0. The van der Waals surface area contributed by atoms with Crippen molar-refractivity contribution in [3.05, 3.63) is 193 Å². The third-order valence-electron chi connectivity index (χ3n) is 9.86. The Labute approximate surface area is 316 Å². The number of rotatable bonds is 7. The monoisotopic (exact) mass is 718 g/mol. The quantitative estimate of drug-likeness (QED) is 0.164. The maximum Gasteiger partial charge on any atom is 0.135 e. The molecule has 10 aromatic rings. The van der Waals surface area contributed by atoms with Crippen molar-refractivity contribution >= 4 is 99.2 Å². The molecule has 0 saturated carbocycles. The summed E-state index contributed by atoms with van der Waals surface area (Å²) in [7, 11) is 0. The van der Waals surface area contributed by atoms with E-state index in [9.17, 15) is 0 Å². The van der Waals surface area contributed by atoms with Gasteiger partial charge in [0, 0.05) is 64.4 Å². The van der Waals surface area contributed by atoms with Gasteiger partial charge in [0.2, 0.25) is 0 Å². The third kappa shape index (κ3) is 5.60. The molecule has 0 aliphatic rings. The number of fused-ring (bicyclic) bond motifs is 6. The van der Waals surface area contributed by atoms with Crippen molar-refractivity contribution in [3.63, 3.8) is 0 Å². The first kappa shape index (κ1) is 31.4. The van der Waals surface area contributed by atoms with Crippen molar-refractivity contribution in [1.82, 2.24) is 0 Å². The van der Waals surface area contributed by atoms with Crippen LogP contribution in [0.2, 0.25) is 5.02 Å². The lowest BCUT2D eigenvalue weighted by Crippen LogP contribution is -2.10. The van der Waals surface area contributed by atoms with Crippen LogP contribution in [0.4, 0.5) is 34.1 Å². The lowest BCUT2D eigenvalue weighted by molar-refractivity contribution is 0.669. The Kier molecular flexibility index (Phi) is 7.71.